The van der Waals surface area contributed by atoms with Gasteiger partial charge in [0, 0.05) is 11.7 Å². The molecule has 1 aliphatic carbocycles. The fraction of sp³-hybridized carbons (Fsp3) is 0.500. The van der Waals surface area contributed by atoms with Gasteiger partial charge in [-0.15, -0.1) is 27.0 Å². The second-order valence-electron chi connectivity index (χ2n) is 4.79. The third-order valence-electron chi connectivity index (χ3n) is 2.94. The molecule has 1 fully saturated rings. The molecule has 3 nitrogen and oxygen atoms in total. The summed E-state index contributed by atoms with van der Waals surface area (Å²) in [4.78, 5) is 0.233. The van der Waals surface area contributed by atoms with Crippen LogP contribution in [0.1, 0.15) is 12.0 Å². The van der Waals surface area contributed by atoms with Gasteiger partial charge in [0.25, 0.3) is 10.0 Å². The number of halogens is 2. The maximum atomic E-state index is 12.1. The number of benzene rings is 1. The summed E-state index contributed by atoms with van der Waals surface area (Å²) < 4.78 is 27.4. The molecule has 2 atom stereocenters. The van der Waals surface area contributed by atoms with E-state index in [1.165, 1.54) is 0 Å². The molecular weight excluding hydrogens is 325 g/mol. The molecule has 1 aliphatic rings. The minimum Gasteiger partial charge on any atom is -0.199 e. The van der Waals surface area contributed by atoms with Gasteiger partial charge in [0.05, 0.1) is 4.90 Å². The van der Waals surface area contributed by atoms with E-state index < -0.39 is 25.0 Å². The number of hydrogen-bond acceptors (Lipinski definition) is 2. The number of nitrogens with zero attached hydrogens (tertiary/aromatic N) is 1. The van der Waals surface area contributed by atoms with Gasteiger partial charge in [-0.2, -0.15) is 8.42 Å². The predicted molar refractivity (Wildman–Crippen MR) is 81.5 cm³/mol. The second-order valence-corrected chi connectivity index (χ2v) is 9.89. The highest BCUT2D eigenvalue weighted by atomic mass is 35.5. The minimum atomic E-state index is -3.58. The van der Waals surface area contributed by atoms with Crippen LogP contribution in [-0.4, -0.2) is 24.8 Å². The summed E-state index contributed by atoms with van der Waals surface area (Å²) in [6.07, 6.45) is 2.52. The zero-order chi connectivity index (χ0) is 14.3. The Morgan fingerprint density at radius 1 is 1.37 bits per heavy atom. The molecule has 0 amide bonds. The van der Waals surface area contributed by atoms with Crippen LogP contribution in [0.15, 0.2) is 32.9 Å². The molecule has 0 spiro atoms. The van der Waals surface area contributed by atoms with Crippen molar-refractivity contribution in [1.29, 1.82) is 0 Å². The molecule has 0 bridgehead atoms. The van der Waals surface area contributed by atoms with E-state index >= 15 is 0 Å². The molecule has 106 valence electrons. The monoisotopic (exact) mass is 339 g/mol. The molecule has 1 saturated carbocycles. The Hall–Kier alpha value is -0.100. The summed E-state index contributed by atoms with van der Waals surface area (Å²) >= 11 is 11.9. The Morgan fingerprint density at radius 3 is 2.37 bits per heavy atom. The van der Waals surface area contributed by atoms with Gasteiger partial charge >= 0.3 is 0 Å². The average molecular weight is 340 g/mol. The van der Waals surface area contributed by atoms with Crippen LogP contribution in [0, 0.1) is 12.8 Å². The molecule has 0 aliphatic heterocycles. The summed E-state index contributed by atoms with van der Waals surface area (Å²) in [7, 11) is -4.17. The van der Waals surface area contributed by atoms with Gasteiger partial charge in [0.1, 0.15) is 4.33 Å². The molecule has 7 heteroatoms. The van der Waals surface area contributed by atoms with Crippen LogP contribution in [0.5, 0.6) is 0 Å². The van der Waals surface area contributed by atoms with Gasteiger partial charge < -0.3 is 0 Å². The van der Waals surface area contributed by atoms with Crippen LogP contribution < -0.4 is 0 Å². The van der Waals surface area contributed by atoms with Crippen molar-refractivity contribution in [3.8, 4) is 0 Å². The molecular formula is C12H15Cl2NO2S2. The van der Waals surface area contributed by atoms with Crippen LogP contribution in [0.2, 0.25) is 0 Å². The van der Waals surface area contributed by atoms with Crippen molar-refractivity contribution in [3.05, 3.63) is 29.8 Å². The zero-order valence-electron chi connectivity index (χ0n) is 10.6. The fourth-order valence-corrected chi connectivity index (χ4v) is 5.80. The van der Waals surface area contributed by atoms with E-state index in [1.807, 2.05) is 6.92 Å². The van der Waals surface area contributed by atoms with Gasteiger partial charge in [-0.25, -0.2) is 0 Å². The molecule has 0 N–H and O–H groups in total. The van der Waals surface area contributed by atoms with E-state index in [4.69, 9.17) is 23.2 Å². The number of aryl methyl sites for hydroxylation is 1. The van der Waals surface area contributed by atoms with Gasteiger partial charge in [0.2, 0.25) is 0 Å². The maximum absolute atomic E-state index is 12.1. The Kier molecular flexibility index (Phi) is 4.31. The normalized spacial score (nSPS) is 23.3. The van der Waals surface area contributed by atoms with Crippen molar-refractivity contribution in [1.82, 2.24) is 0 Å². The van der Waals surface area contributed by atoms with Crippen molar-refractivity contribution in [2.24, 2.45) is 9.69 Å². The van der Waals surface area contributed by atoms with Crippen molar-refractivity contribution in [2.45, 2.75) is 22.6 Å². The summed E-state index contributed by atoms with van der Waals surface area (Å²) in [6, 6.07) is 6.69. The SMILES string of the molecule is Cc1ccc(S(=O)(=O)N=[S@@](C)C[C@H]2CC2(Cl)Cl)cc1. The van der Waals surface area contributed by atoms with E-state index in [0.717, 1.165) is 5.56 Å². The van der Waals surface area contributed by atoms with Gasteiger partial charge in [-0.1, -0.05) is 28.4 Å². The van der Waals surface area contributed by atoms with Crippen LogP contribution in [-0.2, 0) is 20.7 Å². The van der Waals surface area contributed by atoms with E-state index in [-0.39, 0.29) is 10.8 Å². The van der Waals surface area contributed by atoms with E-state index in [9.17, 15) is 8.42 Å². The summed E-state index contributed by atoms with van der Waals surface area (Å²) in [5.74, 6) is 0.777. The van der Waals surface area contributed by atoms with Gasteiger partial charge in [-0.3, -0.25) is 0 Å². The number of alkyl halides is 2. The molecule has 0 radical (unpaired) electrons. The molecule has 0 saturated heterocycles. The lowest BCUT2D eigenvalue weighted by Gasteiger charge is -2.04. The highest BCUT2D eigenvalue weighted by Gasteiger charge is 2.51. The van der Waals surface area contributed by atoms with Gasteiger partial charge in [0.15, 0.2) is 0 Å². The van der Waals surface area contributed by atoms with E-state index in [2.05, 4.69) is 3.77 Å². The Balaban J connectivity index is 2.14. The molecule has 0 heterocycles. The Labute approximate surface area is 126 Å². The standard InChI is InChI=1S/C12H15Cl2NO2S2/c1-9-3-5-11(6-4-9)19(16,17)15-18(2)8-10-7-12(10,13)14/h3-6,10H,7-8H2,1-2H3/t10-,18+/m1/s1. The average Bonchev–Trinajstić information content (AvgIpc) is 2.85. The maximum Gasteiger partial charge on any atom is 0.287 e. The zero-order valence-corrected chi connectivity index (χ0v) is 13.8. The van der Waals surface area contributed by atoms with Crippen LogP contribution >= 0.6 is 23.2 Å². The fourth-order valence-electron chi connectivity index (χ4n) is 1.69. The third kappa shape index (κ3) is 3.94. The number of rotatable bonds is 4. The second kappa shape index (κ2) is 5.35. The summed E-state index contributed by atoms with van der Waals surface area (Å²) in [5, 5.41) is 0. The molecule has 19 heavy (non-hydrogen) atoms. The van der Waals surface area contributed by atoms with E-state index in [1.54, 1.807) is 30.5 Å². The first kappa shape index (κ1) is 15.3. The lowest BCUT2D eigenvalue weighted by atomic mass is 10.2. The quantitative estimate of drug-likeness (QED) is 0.790. The van der Waals surface area contributed by atoms with Crippen molar-refractivity contribution in [3.63, 3.8) is 0 Å². The lowest BCUT2D eigenvalue weighted by molar-refractivity contribution is 0.598. The van der Waals surface area contributed by atoms with Crippen molar-refractivity contribution >= 4 is 43.9 Å². The molecule has 0 unspecified atom stereocenters. The van der Waals surface area contributed by atoms with Crippen LogP contribution in [0.3, 0.4) is 0 Å². The molecule has 2 rings (SSSR count). The highest BCUT2D eigenvalue weighted by molar-refractivity contribution is 7.99. The first-order chi connectivity index (χ1) is 8.71. The Morgan fingerprint density at radius 2 is 1.89 bits per heavy atom. The van der Waals surface area contributed by atoms with E-state index in [0.29, 0.717) is 12.2 Å². The highest BCUT2D eigenvalue weighted by Crippen LogP contribution is 2.53. The molecule has 1 aromatic carbocycles. The van der Waals surface area contributed by atoms with Crippen LogP contribution in [0.25, 0.3) is 0 Å². The summed E-state index contributed by atoms with van der Waals surface area (Å²) in [6.45, 7) is 1.91. The first-order valence-electron chi connectivity index (χ1n) is 5.76. The van der Waals surface area contributed by atoms with Crippen molar-refractivity contribution < 1.29 is 8.42 Å². The topological polar surface area (TPSA) is 46.5 Å². The number of sulfonamides is 1. The van der Waals surface area contributed by atoms with Gasteiger partial charge in [-0.05, 0) is 31.7 Å². The van der Waals surface area contributed by atoms with Crippen LogP contribution in [0.4, 0.5) is 0 Å². The smallest absolute Gasteiger partial charge is 0.199 e. The minimum absolute atomic E-state index is 0.154. The molecule has 1 aromatic rings. The molecule has 0 aromatic heterocycles. The summed E-state index contributed by atoms with van der Waals surface area (Å²) in [5.41, 5.74) is 1.02. The lowest BCUT2D eigenvalue weighted by Crippen LogP contribution is -2.06. The third-order valence-corrected chi connectivity index (χ3v) is 7.42. The largest absolute Gasteiger partial charge is 0.287 e. The first-order valence-corrected chi connectivity index (χ1v) is 9.71. The predicted octanol–water partition coefficient (Wildman–Crippen LogP) is 3.31. The number of hydrogen-bond donors (Lipinski definition) is 0. The van der Waals surface area contributed by atoms with Crippen molar-refractivity contribution in [2.75, 3.05) is 12.0 Å². The Bertz CT molecular complexity index is 609.